The lowest BCUT2D eigenvalue weighted by Crippen LogP contribution is -2.00. The molecule has 3 aromatic carbocycles. The van der Waals surface area contributed by atoms with E-state index in [2.05, 4.69) is 10.5 Å². The summed E-state index contributed by atoms with van der Waals surface area (Å²) in [5.74, 6) is -0.127. The topological polar surface area (TPSA) is 76.8 Å². The number of halogens is 3. The molecule has 0 amide bonds. The molecule has 0 heterocycles. The summed E-state index contributed by atoms with van der Waals surface area (Å²) in [6, 6.07) is 15.3. The highest BCUT2D eigenvalue weighted by molar-refractivity contribution is 6.37. The summed E-state index contributed by atoms with van der Waals surface area (Å²) in [6.45, 7) is -0.0127. The summed E-state index contributed by atoms with van der Waals surface area (Å²) in [5, 5.41) is 15.2. The maximum Gasteiger partial charge on any atom is 0.269 e. The predicted molar refractivity (Wildman–Crippen MR) is 112 cm³/mol. The van der Waals surface area contributed by atoms with E-state index >= 15 is 0 Å². The van der Waals surface area contributed by atoms with Crippen LogP contribution in [0.1, 0.15) is 11.1 Å². The van der Waals surface area contributed by atoms with Crippen molar-refractivity contribution in [1.29, 1.82) is 0 Å². The number of nitro groups is 1. The third kappa shape index (κ3) is 5.43. The summed E-state index contributed by atoms with van der Waals surface area (Å²) in [6.07, 6.45) is 1.49. The molecular weight excluding hydrogens is 420 g/mol. The predicted octanol–water partition coefficient (Wildman–Crippen LogP) is 6.07. The summed E-state index contributed by atoms with van der Waals surface area (Å²) in [7, 11) is 0. The molecule has 0 aliphatic heterocycles. The third-order valence-corrected chi connectivity index (χ3v) is 4.40. The number of hydrazone groups is 1. The molecule has 0 fully saturated rings. The van der Waals surface area contributed by atoms with Gasteiger partial charge in [-0.05, 0) is 35.9 Å². The number of hydrogen-bond acceptors (Lipinski definition) is 5. The van der Waals surface area contributed by atoms with Gasteiger partial charge in [0.2, 0.25) is 0 Å². The van der Waals surface area contributed by atoms with Crippen molar-refractivity contribution in [3.8, 4) is 5.75 Å². The minimum Gasteiger partial charge on any atom is -0.486 e. The average Bonchev–Trinajstić information content (AvgIpc) is 2.69. The van der Waals surface area contributed by atoms with Crippen LogP contribution in [-0.4, -0.2) is 11.1 Å². The molecule has 0 radical (unpaired) electrons. The van der Waals surface area contributed by atoms with Gasteiger partial charge in [0.1, 0.15) is 12.4 Å². The number of nitrogens with zero attached hydrogens (tertiary/aromatic N) is 2. The van der Waals surface area contributed by atoms with Crippen molar-refractivity contribution in [3.05, 3.63) is 97.8 Å². The van der Waals surface area contributed by atoms with Gasteiger partial charge in [0.15, 0.2) is 5.75 Å². The Hall–Kier alpha value is -3.16. The van der Waals surface area contributed by atoms with E-state index in [-0.39, 0.29) is 33.9 Å². The van der Waals surface area contributed by atoms with Gasteiger partial charge in [-0.2, -0.15) is 5.10 Å². The van der Waals surface area contributed by atoms with Crippen LogP contribution in [0.2, 0.25) is 10.0 Å². The Bertz CT molecular complexity index is 1040. The molecule has 148 valence electrons. The van der Waals surface area contributed by atoms with Crippen LogP contribution in [0, 0.1) is 15.9 Å². The lowest BCUT2D eigenvalue weighted by Gasteiger charge is -2.11. The van der Waals surface area contributed by atoms with Crippen molar-refractivity contribution in [2.45, 2.75) is 6.61 Å². The normalized spacial score (nSPS) is 10.9. The number of anilines is 1. The molecule has 0 aliphatic rings. The minimum atomic E-state index is -0.479. The van der Waals surface area contributed by atoms with Crippen molar-refractivity contribution < 1.29 is 14.1 Å². The zero-order valence-electron chi connectivity index (χ0n) is 14.8. The molecular formula is C20H14Cl2FN3O3. The molecule has 0 saturated carbocycles. The number of non-ortho nitro benzene ring substituents is 1. The maximum atomic E-state index is 13.7. The number of benzene rings is 3. The highest BCUT2D eigenvalue weighted by atomic mass is 35.5. The molecule has 9 heteroatoms. The molecule has 0 spiro atoms. The van der Waals surface area contributed by atoms with E-state index in [9.17, 15) is 14.5 Å². The number of nitrogens with one attached hydrogen (secondary N) is 1. The van der Waals surface area contributed by atoms with Crippen LogP contribution in [0.15, 0.2) is 65.8 Å². The molecule has 0 saturated heterocycles. The first kappa shape index (κ1) is 20.6. The van der Waals surface area contributed by atoms with Gasteiger partial charge in [0.25, 0.3) is 5.69 Å². The van der Waals surface area contributed by atoms with Gasteiger partial charge in [-0.25, -0.2) is 4.39 Å². The van der Waals surface area contributed by atoms with Gasteiger partial charge in [0, 0.05) is 17.7 Å². The molecule has 6 nitrogen and oxygen atoms in total. The Kier molecular flexibility index (Phi) is 6.64. The van der Waals surface area contributed by atoms with Crippen LogP contribution in [-0.2, 0) is 6.61 Å². The smallest absolute Gasteiger partial charge is 0.269 e. The second kappa shape index (κ2) is 9.36. The van der Waals surface area contributed by atoms with Crippen molar-refractivity contribution in [2.24, 2.45) is 5.10 Å². The molecule has 0 bridgehead atoms. The highest BCUT2D eigenvalue weighted by Gasteiger charge is 2.11. The lowest BCUT2D eigenvalue weighted by molar-refractivity contribution is -0.384. The minimum absolute atomic E-state index is 0.0101. The lowest BCUT2D eigenvalue weighted by atomic mass is 10.2. The molecule has 0 aliphatic carbocycles. The summed E-state index contributed by atoms with van der Waals surface area (Å²) >= 11 is 12.5. The third-order valence-electron chi connectivity index (χ3n) is 3.84. The second-order valence-corrected chi connectivity index (χ2v) is 6.68. The van der Waals surface area contributed by atoms with E-state index in [1.165, 1.54) is 36.5 Å². The molecule has 3 rings (SSSR count). The second-order valence-electron chi connectivity index (χ2n) is 5.87. The standard InChI is InChI=1S/C20H14Cl2FN3O3/c21-17-9-13(11-24-25-15-5-7-16(8-6-15)26(27)28)10-18(22)20(17)29-12-14-3-1-2-4-19(14)23/h1-11,25H,12H2/b24-11+. The summed E-state index contributed by atoms with van der Waals surface area (Å²) in [4.78, 5) is 10.2. The highest BCUT2D eigenvalue weighted by Crippen LogP contribution is 2.34. The van der Waals surface area contributed by atoms with Crippen LogP contribution in [0.5, 0.6) is 5.75 Å². The molecule has 0 atom stereocenters. The van der Waals surface area contributed by atoms with Crippen molar-refractivity contribution in [2.75, 3.05) is 5.43 Å². The number of ether oxygens (including phenoxy) is 1. The Balaban J connectivity index is 1.66. The molecule has 1 N–H and O–H groups in total. The molecule has 29 heavy (non-hydrogen) atoms. The SMILES string of the molecule is O=[N+]([O-])c1ccc(N/N=C/c2cc(Cl)c(OCc3ccccc3F)c(Cl)c2)cc1. The van der Waals surface area contributed by atoms with Gasteiger partial charge in [0.05, 0.1) is 26.9 Å². The number of rotatable bonds is 7. The van der Waals surface area contributed by atoms with E-state index < -0.39 is 4.92 Å². The molecule has 0 unspecified atom stereocenters. The number of hydrogen-bond donors (Lipinski definition) is 1. The van der Waals surface area contributed by atoms with Crippen LogP contribution in [0.4, 0.5) is 15.8 Å². The van der Waals surface area contributed by atoms with E-state index in [4.69, 9.17) is 27.9 Å². The van der Waals surface area contributed by atoms with Crippen LogP contribution in [0.25, 0.3) is 0 Å². The molecule has 0 aromatic heterocycles. The van der Waals surface area contributed by atoms with E-state index in [1.807, 2.05) is 0 Å². The first-order valence-corrected chi connectivity index (χ1v) is 9.08. The van der Waals surface area contributed by atoms with Crippen molar-refractivity contribution in [1.82, 2.24) is 0 Å². The summed E-state index contributed by atoms with van der Waals surface area (Å²) in [5.41, 5.74) is 4.31. The fourth-order valence-electron chi connectivity index (χ4n) is 2.40. The first-order valence-electron chi connectivity index (χ1n) is 8.33. The Morgan fingerprint density at radius 2 is 1.76 bits per heavy atom. The Labute approximate surface area is 175 Å². The van der Waals surface area contributed by atoms with Gasteiger partial charge in [-0.3, -0.25) is 15.5 Å². The fourth-order valence-corrected chi connectivity index (χ4v) is 3.01. The van der Waals surface area contributed by atoms with Crippen LogP contribution < -0.4 is 10.2 Å². The van der Waals surface area contributed by atoms with Crippen molar-refractivity contribution in [3.63, 3.8) is 0 Å². The van der Waals surface area contributed by atoms with Gasteiger partial charge >= 0.3 is 0 Å². The van der Waals surface area contributed by atoms with E-state index in [0.29, 0.717) is 16.8 Å². The Morgan fingerprint density at radius 1 is 1.10 bits per heavy atom. The summed E-state index contributed by atoms with van der Waals surface area (Å²) < 4.78 is 19.3. The van der Waals surface area contributed by atoms with E-state index in [0.717, 1.165) is 0 Å². The Morgan fingerprint density at radius 3 is 2.38 bits per heavy atom. The quantitative estimate of drug-likeness (QED) is 0.278. The van der Waals surface area contributed by atoms with Crippen LogP contribution >= 0.6 is 23.2 Å². The van der Waals surface area contributed by atoms with Gasteiger partial charge in [-0.1, -0.05) is 41.4 Å². The number of nitro benzene ring substituents is 1. The van der Waals surface area contributed by atoms with Crippen molar-refractivity contribution >= 4 is 40.8 Å². The largest absolute Gasteiger partial charge is 0.486 e. The van der Waals surface area contributed by atoms with Gasteiger partial charge < -0.3 is 4.74 Å². The van der Waals surface area contributed by atoms with Crippen LogP contribution in [0.3, 0.4) is 0 Å². The first-order chi connectivity index (χ1) is 13.9. The zero-order valence-corrected chi connectivity index (χ0v) is 16.3. The average molecular weight is 434 g/mol. The monoisotopic (exact) mass is 433 g/mol. The fraction of sp³-hybridized carbons (Fsp3) is 0.0500. The zero-order chi connectivity index (χ0) is 20.8. The van der Waals surface area contributed by atoms with Gasteiger partial charge in [-0.15, -0.1) is 0 Å². The molecule has 3 aromatic rings. The maximum absolute atomic E-state index is 13.7. The van der Waals surface area contributed by atoms with E-state index in [1.54, 1.807) is 30.3 Å².